The normalized spacial score (nSPS) is 27.0. The molecule has 2 aliphatic rings. The minimum atomic E-state index is 0. The molecule has 21 heavy (non-hydrogen) atoms. The van der Waals surface area contributed by atoms with E-state index in [9.17, 15) is 4.79 Å². The van der Waals surface area contributed by atoms with Crippen molar-refractivity contribution < 1.29 is 4.79 Å². The van der Waals surface area contributed by atoms with E-state index in [1.165, 1.54) is 12.8 Å². The lowest BCUT2D eigenvalue weighted by atomic mass is 9.89. The van der Waals surface area contributed by atoms with E-state index in [4.69, 9.17) is 0 Å². The van der Waals surface area contributed by atoms with E-state index in [2.05, 4.69) is 10.6 Å². The highest BCUT2D eigenvalue weighted by Gasteiger charge is 2.34. The summed E-state index contributed by atoms with van der Waals surface area (Å²) < 4.78 is 0. The van der Waals surface area contributed by atoms with E-state index in [-0.39, 0.29) is 18.3 Å². The molecule has 2 saturated heterocycles. The average molecular weight is 327 g/mol. The number of carbonyl (C=O) groups is 1. The molecule has 3 rings (SSSR count). The zero-order chi connectivity index (χ0) is 13.9. The Morgan fingerprint density at radius 1 is 1.29 bits per heavy atom. The molecule has 0 aromatic heterocycles. The second kappa shape index (κ2) is 7.52. The molecule has 2 unspecified atom stereocenters. The third kappa shape index (κ3) is 4.15. The maximum absolute atomic E-state index is 12.2. The topological polar surface area (TPSA) is 41.1 Å². The SMILES string of the molecule is CSc1ccccc1NC(=O)CC1CC2CCC(C1)N2.Cl. The fourth-order valence-electron chi connectivity index (χ4n) is 3.55. The Labute approximate surface area is 137 Å². The number of piperidine rings is 1. The number of thioether (sulfide) groups is 1. The average Bonchev–Trinajstić information content (AvgIpc) is 2.78. The largest absolute Gasteiger partial charge is 0.325 e. The van der Waals surface area contributed by atoms with Crippen LogP contribution in [0.3, 0.4) is 0 Å². The first kappa shape index (κ1) is 16.7. The summed E-state index contributed by atoms with van der Waals surface area (Å²) >= 11 is 1.67. The van der Waals surface area contributed by atoms with Crippen LogP contribution in [-0.4, -0.2) is 24.2 Å². The number of carbonyl (C=O) groups excluding carboxylic acids is 1. The Balaban J connectivity index is 0.00000161. The summed E-state index contributed by atoms with van der Waals surface area (Å²) in [5.41, 5.74) is 0.946. The van der Waals surface area contributed by atoms with Gasteiger partial charge in [-0.05, 0) is 50.0 Å². The Hall–Kier alpha value is -0.710. The van der Waals surface area contributed by atoms with Crippen LogP contribution in [0.1, 0.15) is 32.1 Å². The molecule has 2 aliphatic heterocycles. The lowest BCUT2D eigenvalue weighted by Crippen LogP contribution is -2.39. The van der Waals surface area contributed by atoms with E-state index in [0.717, 1.165) is 23.4 Å². The molecule has 1 amide bonds. The van der Waals surface area contributed by atoms with Crippen molar-refractivity contribution in [1.82, 2.24) is 5.32 Å². The van der Waals surface area contributed by atoms with E-state index in [0.29, 0.717) is 24.4 Å². The van der Waals surface area contributed by atoms with Gasteiger partial charge in [0.1, 0.15) is 0 Å². The summed E-state index contributed by atoms with van der Waals surface area (Å²) in [6, 6.07) is 9.32. The van der Waals surface area contributed by atoms with Crippen molar-refractivity contribution in [3.05, 3.63) is 24.3 Å². The number of nitrogens with one attached hydrogen (secondary N) is 2. The van der Waals surface area contributed by atoms with Crippen LogP contribution in [0.25, 0.3) is 0 Å². The summed E-state index contributed by atoms with van der Waals surface area (Å²) in [5, 5.41) is 6.71. The minimum absolute atomic E-state index is 0. The van der Waals surface area contributed by atoms with Gasteiger partial charge in [-0.25, -0.2) is 0 Å². The lowest BCUT2D eigenvalue weighted by Gasteiger charge is -2.28. The summed E-state index contributed by atoms with van der Waals surface area (Å²) in [4.78, 5) is 13.4. The smallest absolute Gasteiger partial charge is 0.224 e. The zero-order valence-electron chi connectivity index (χ0n) is 12.3. The summed E-state index contributed by atoms with van der Waals surface area (Å²) in [5.74, 6) is 0.716. The van der Waals surface area contributed by atoms with Crippen LogP contribution in [0.2, 0.25) is 0 Å². The molecular weight excluding hydrogens is 304 g/mol. The van der Waals surface area contributed by atoms with Gasteiger partial charge in [-0.2, -0.15) is 0 Å². The van der Waals surface area contributed by atoms with Crippen LogP contribution in [-0.2, 0) is 4.79 Å². The van der Waals surface area contributed by atoms with Gasteiger partial charge in [0.2, 0.25) is 5.91 Å². The van der Waals surface area contributed by atoms with Gasteiger partial charge in [-0.1, -0.05) is 12.1 Å². The van der Waals surface area contributed by atoms with E-state index in [1.54, 1.807) is 11.8 Å². The fourth-order valence-corrected chi connectivity index (χ4v) is 4.11. The molecule has 2 fully saturated rings. The monoisotopic (exact) mass is 326 g/mol. The van der Waals surface area contributed by atoms with Crippen LogP contribution in [0.15, 0.2) is 29.2 Å². The van der Waals surface area contributed by atoms with Crippen LogP contribution in [0.5, 0.6) is 0 Å². The van der Waals surface area contributed by atoms with Crippen molar-refractivity contribution in [2.45, 2.75) is 49.1 Å². The van der Waals surface area contributed by atoms with Gasteiger partial charge in [0, 0.05) is 23.4 Å². The Morgan fingerprint density at radius 2 is 1.95 bits per heavy atom. The molecule has 2 N–H and O–H groups in total. The minimum Gasteiger partial charge on any atom is -0.325 e. The van der Waals surface area contributed by atoms with Crippen molar-refractivity contribution >= 4 is 35.8 Å². The van der Waals surface area contributed by atoms with Gasteiger partial charge in [0.25, 0.3) is 0 Å². The number of fused-ring (bicyclic) bond motifs is 2. The number of hydrogen-bond donors (Lipinski definition) is 2. The summed E-state index contributed by atoms with van der Waals surface area (Å²) in [6.07, 6.45) is 7.60. The Morgan fingerprint density at radius 3 is 2.62 bits per heavy atom. The second-order valence-electron chi connectivity index (χ2n) is 5.93. The van der Waals surface area contributed by atoms with Crippen molar-refractivity contribution in [1.29, 1.82) is 0 Å². The van der Waals surface area contributed by atoms with Crippen molar-refractivity contribution in [2.75, 3.05) is 11.6 Å². The van der Waals surface area contributed by atoms with Gasteiger partial charge in [-0.15, -0.1) is 24.2 Å². The Bertz CT molecular complexity index is 485. The maximum Gasteiger partial charge on any atom is 0.224 e. The van der Waals surface area contributed by atoms with Gasteiger partial charge < -0.3 is 10.6 Å². The van der Waals surface area contributed by atoms with Gasteiger partial charge in [0.15, 0.2) is 0 Å². The molecule has 3 nitrogen and oxygen atoms in total. The van der Waals surface area contributed by atoms with Gasteiger partial charge >= 0.3 is 0 Å². The molecule has 116 valence electrons. The second-order valence-corrected chi connectivity index (χ2v) is 6.78. The molecule has 2 atom stereocenters. The predicted molar refractivity (Wildman–Crippen MR) is 91.4 cm³/mol. The number of hydrogen-bond acceptors (Lipinski definition) is 3. The van der Waals surface area contributed by atoms with Crippen LogP contribution in [0.4, 0.5) is 5.69 Å². The number of para-hydroxylation sites is 1. The quantitative estimate of drug-likeness (QED) is 0.829. The number of amides is 1. The molecule has 2 bridgehead atoms. The van der Waals surface area contributed by atoms with E-state index < -0.39 is 0 Å². The van der Waals surface area contributed by atoms with E-state index >= 15 is 0 Å². The van der Waals surface area contributed by atoms with Crippen LogP contribution >= 0.6 is 24.2 Å². The van der Waals surface area contributed by atoms with E-state index in [1.807, 2.05) is 30.5 Å². The number of rotatable bonds is 4. The standard InChI is InChI=1S/C16H22N2OS.ClH/c1-20-15-5-3-2-4-14(15)18-16(19)10-11-8-12-6-7-13(9-11)17-12;/h2-5,11-13,17H,6-10H2,1H3,(H,18,19);1H. The molecule has 0 radical (unpaired) electrons. The fraction of sp³-hybridized carbons (Fsp3) is 0.562. The highest BCUT2D eigenvalue weighted by molar-refractivity contribution is 7.98. The molecule has 1 aromatic carbocycles. The van der Waals surface area contributed by atoms with Gasteiger partial charge in [0.05, 0.1) is 5.69 Å². The van der Waals surface area contributed by atoms with Crippen LogP contribution < -0.4 is 10.6 Å². The molecule has 1 aromatic rings. The van der Waals surface area contributed by atoms with Gasteiger partial charge in [-0.3, -0.25) is 4.79 Å². The first-order valence-corrected chi connectivity index (χ1v) is 8.66. The first-order valence-electron chi connectivity index (χ1n) is 7.43. The maximum atomic E-state index is 12.2. The molecule has 0 spiro atoms. The highest BCUT2D eigenvalue weighted by atomic mass is 35.5. The zero-order valence-corrected chi connectivity index (χ0v) is 13.9. The lowest BCUT2D eigenvalue weighted by molar-refractivity contribution is -0.117. The molecule has 5 heteroatoms. The molecular formula is C16H23ClN2OS. The Kier molecular flexibility index (Phi) is 5.97. The number of halogens is 1. The molecule has 0 saturated carbocycles. The number of benzene rings is 1. The van der Waals surface area contributed by atoms with Crippen molar-refractivity contribution in [3.63, 3.8) is 0 Å². The van der Waals surface area contributed by atoms with Crippen LogP contribution in [0, 0.1) is 5.92 Å². The molecule has 2 heterocycles. The third-order valence-electron chi connectivity index (χ3n) is 4.43. The molecule has 0 aliphatic carbocycles. The summed E-state index contributed by atoms with van der Waals surface area (Å²) in [6.45, 7) is 0. The predicted octanol–water partition coefficient (Wildman–Crippen LogP) is 3.69. The first-order chi connectivity index (χ1) is 9.74. The van der Waals surface area contributed by atoms with Crippen molar-refractivity contribution in [2.24, 2.45) is 5.92 Å². The third-order valence-corrected chi connectivity index (χ3v) is 5.22. The number of anilines is 1. The highest BCUT2D eigenvalue weighted by Crippen LogP contribution is 2.33. The summed E-state index contributed by atoms with van der Waals surface area (Å²) in [7, 11) is 0. The van der Waals surface area contributed by atoms with Crippen molar-refractivity contribution in [3.8, 4) is 0 Å².